The van der Waals surface area contributed by atoms with Crippen molar-refractivity contribution in [3.8, 4) is 5.75 Å². The molecule has 116 valence electrons. The van der Waals surface area contributed by atoms with Gasteiger partial charge >= 0.3 is 0 Å². The second-order valence-corrected chi connectivity index (χ2v) is 7.55. The molecule has 2 aliphatic rings. The van der Waals surface area contributed by atoms with Crippen molar-refractivity contribution in [3.05, 3.63) is 29.6 Å². The normalized spacial score (nSPS) is 25.0. The van der Waals surface area contributed by atoms with Crippen LogP contribution in [0.4, 0.5) is 4.39 Å². The average Bonchev–Trinajstić information content (AvgIpc) is 2.50. The molecule has 1 spiro atoms. The van der Waals surface area contributed by atoms with Gasteiger partial charge in [0.25, 0.3) is 0 Å². The maximum atomic E-state index is 13.3. The Morgan fingerprint density at radius 2 is 2.19 bits per heavy atom. The lowest BCUT2D eigenvalue weighted by Crippen LogP contribution is -2.46. The van der Waals surface area contributed by atoms with Gasteiger partial charge in [-0.05, 0) is 42.5 Å². The number of ether oxygens (including phenoxy) is 2. The standard InChI is InChI=1S/C16H20BrFO2S/c17-11-12-9-13(18)1-2-15(12)20-14-3-6-19-16(10-14)4-7-21-8-5-16/h1-2,9,14H,3-8,10-11H2. The van der Waals surface area contributed by atoms with Gasteiger partial charge in [-0.3, -0.25) is 0 Å². The summed E-state index contributed by atoms with van der Waals surface area (Å²) in [6.07, 6.45) is 4.27. The highest BCUT2D eigenvalue weighted by molar-refractivity contribution is 9.08. The lowest BCUT2D eigenvalue weighted by Gasteiger charge is -2.43. The Morgan fingerprint density at radius 3 is 2.95 bits per heavy atom. The number of halogens is 2. The molecule has 0 aromatic heterocycles. The Labute approximate surface area is 137 Å². The van der Waals surface area contributed by atoms with E-state index < -0.39 is 0 Å². The Hall–Kier alpha value is -0.260. The maximum absolute atomic E-state index is 13.3. The van der Waals surface area contributed by atoms with E-state index in [-0.39, 0.29) is 17.5 Å². The number of hydrogen-bond acceptors (Lipinski definition) is 3. The Kier molecular flexibility index (Phi) is 5.12. The van der Waals surface area contributed by atoms with Crippen molar-refractivity contribution in [1.82, 2.24) is 0 Å². The summed E-state index contributed by atoms with van der Waals surface area (Å²) in [5.41, 5.74) is 0.887. The van der Waals surface area contributed by atoms with Crippen LogP contribution in [0.3, 0.4) is 0 Å². The summed E-state index contributed by atoms with van der Waals surface area (Å²) in [5, 5.41) is 0.602. The van der Waals surface area contributed by atoms with Crippen LogP contribution in [0, 0.1) is 5.82 Å². The van der Waals surface area contributed by atoms with Gasteiger partial charge in [0.1, 0.15) is 17.7 Å². The largest absolute Gasteiger partial charge is 0.490 e. The van der Waals surface area contributed by atoms with Gasteiger partial charge in [0.2, 0.25) is 0 Å². The third-order valence-electron chi connectivity index (χ3n) is 4.31. The zero-order valence-corrected chi connectivity index (χ0v) is 14.3. The number of thioether (sulfide) groups is 1. The summed E-state index contributed by atoms with van der Waals surface area (Å²) in [6.45, 7) is 0.764. The van der Waals surface area contributed by atoms with Crippen molar-refractivity contribution in [3.63, 3.8) is 0 Å². The van der Waals surface area contributed by atoms with E-state index in [1.165, 1.54) is 23.6 Å². The van der Waals surface area contributed by atoms with Gasteiger partial charge in [0.05, 0.1) is 12.2 Å². The number of rotatable bonds is 3. The highest BCUT2D eigenvalue weighted by Gasteiger charge is 2.39. The van der Waals surface area contributed by atoms with E-state index >= 15 is 0 Å². The van der Waals surface area contributed by atoms with E-state index in [0.29, 0.717) is 5.33 Å². The minimum absolute atomic E-state index is 0.0166. The van der Waals surface area contributed by atoms with Gasteiger partial charge in [-0.1, -0.05) is 15.9 Å². The molecule has 5 heteroatoms. The first kappa shape index (κ1) is 15.6. The van der Waals surface area contributed by atoms with Gasteiger partial charge in [-0.25, -0.2) is 4.39 Å². The molecule has 0 amide bonds. The number of hydrogen-bond donors (Lipinski definition) is 0. The highest BCUT2D eigenvalue weighted by Crippen LogP contribution is 2.39. The Bertz CT molecular complexity index is 486. The van der Waals surface area contributed by atoms with E-state index in [1.54, 1.807) is 6.07 Å². The number of alkyl halides is 1. The molecule has 2 aliphatic heterocycles. The van der Waals surface area contributed by atoms with E-state index in [0.717, 1.165) is 43.6 Å². The van der Waals surface area contributed by atoms with Crippen LogP contribution in [0.15, 0.2) is 18.2 Å². The van der Waals surface area contributed by atoms with E-state index in [4.69, 9.17) is 9.47 Å². The smallest absolute Gasteiger partial charge is 0.123 e. The molecule has 1 aromatic carbocycles. The molecule has 0 radical (unpaired) electrons. The Morgan fingerprint density at radius 1 is 1.38 bits per heavy atom. The molecule has 3 rings (SSSR count). The molecular weight excluding hydrogens is 355 g/mol. The van der Waals surface area contributed by atoms with Gasteiger partial charge in [-0.15, -0.1) is 0 Å². The molecular formula is C16H20BrFO2S. The van der Waals surface area contributed by atoms with Gasteiger partial charge in [0, 0.05) is 23.7 Å². The van der Waals surface area contributed by atoms with Crippen molar-refractivity contribution < 1.29 is 13.9 Å². The first-order valence-corrected chi connectivity index (χ1v) is 9.71. The summed E-state index contributed by atoms with van der Waals surface area (Å²) in [7, 11) is 0. The van der Waals surface area contributed by atoms with Crippen LogP contribution >= 0.6 is 27.7 Å². The lowest BCUT2D eigenvalue weighted by atomic mass is 9.86. The minimum Gasteiger partial charge on any atom is -0.490 e. The molecule has 2 saturated heterocycles. The average molecular weight is 375 g/mol. The van der Waals surface area contributed by atoms with Crippen molar-refractivity contribution in [2.45, 2.75) is 42.7 Å². The van der Waals surface area contributed by atoms with Crippen LogP contribution in [-0.4, -0.2) is 29.8 Å². The highest BCUT2D eigenvalue weighted by atomic mass is 79.9. The summed E-state index contributed by atoms with van der Waals surface area (Å²) >= 11 is 5.41. The Balaban J connectivity index is 1.70. The molecule has 0 bridgehead atoms. The van der Waals surface area contributed by atoms with E-state index in [1.807, 2.05) is 11.8 Å². The summed E-state index contributed by atoms with van der Waals surface area (Å²) in [5.74, 6) is 2.93. The fourth-order valence-electron chi connectivity index (χ4n) is 3.12. The first-order chi connectivity index (χ1) is 10.2. The molecule has 1 aromatic rings. The van der Waals surface area contributed by atoms with Crippen molar-refractivity contribution >= 4 is 27.7 Å². The van der Waals surface area contributed by atoms with Crippen molar-refractivity contribution in [2.75, 3.05) is 18.1 Å². The summed E-state index contributed by atoms with van der Waals surface area (Å²) in [6, 6.07) is 4.75. The third kappa shape index (κ3) is 3.74. The molecule has 2 fully saturated rings. The maximum Gasteiger partial charge on any atom is 0.123 e. The second kappa shape index (κ2) is 6.88. The summed E-state index contributed by atoms with van der Waals surface area (Å²) < 4.78 is 25.6. The van der Waals surface area contributed by atoms with Crippen LogP contribution in [0.5, 0.6) is 5.75 Å². The lowest BCUT2D eigenvalue weighted by molar-refractivity contribution is -0.116. The topological polar surface area (TPSA) is 18.5 Å². The van der Waals surface area contributed by atoms with Gasteiger partial charge < -0.3 is 9.47 Å². The molecule has 2 nitrogen and oxygen atoms in total. The summed E-state index contributed by atoms with van der Waals surface area (Å²) in [4.78, 5) is 0. The minimum atomic E-state index is -0.218. The van der Waals surface area contributed by atoms with Crippen molar-refractivity contribution in [1.29, 1.82) is 0 Å². The van der Waals surface area contributed by atoms with Crippen LogP contribution in [0.2, 0.25) is 0 Å². The number of benzene rings is 1. The molecule has 0 aliphatic carbocycles. The van der Waals surface area contributed by atoms with Crippen LogP contribution in [-0.2, 0) is 10.1 Å². The third-order valence-corrected chi connectivity index (χ3v) is 5.90. The SMILES string of the molecule is Fc1ccc(OC2CCOC3(CCSCC3)C2)c(CBr)c1. The first-order valence-electron chi connectivity index (χ1n) is 7.43. The monoisotopic (exact) mass is 374 g/mol. The molecule has 1 atom stereocenters. The van der Waals surface area contributed by atoms with Gasteiger partial charge in [0.15, 0.2) is 0 Å². The molecule has 2 heterocycles. The predicted molar refractivity (Wildman–Crippen MR) is 87.9 cm³/mol. The molecule has 0 N–H and O–H groups in total. The van der Waals surface area contributed by atoms with Crippen molar-refractivity contribution in [2.24, 2.45) is 0 Å². The van der Waals surface area contributed by atoms with Crippen LogP contribution < -0.4 is 4.74 Å². The van der Waals surface area contributed by atoms with E-state index in [9.17, 15) is 4.39 Å². The molecule has 0 saturated carbocycles. The van der Waals surface area contributed by atoms with Gasteiger partial charge in [-0.2, -0.15) is 11.8 Å². The zero-order chi connectivity index (χ0) is 14.7. The second-order valence-electron chi connectivity index (χ2n) is 5.76. The predicted octanol–water partition coefficient (Wildman–Crippen LogP) is 4.54. The fourth-order valence-corrected chi connectivity index (χ4v) is 4.80. The van der Waals surface area contributed by atoms with Crippen LogP contribution in [0.1, 0.15) is 31.2 Å². The molecule has 21 heavy (non-hydrogen) atoms. The van der Waals surface area contributed by atoms with E-state index in [2.05, 4.69) is 15.9 Å². The quantitative estimate of drug-likeness (QED) is 0.723. The zero-order valence-electron chi connectivity index (χ0n) is 11.9. The molecule has 1 unspecified atom stereocenters. The van der Waals surface area contributed by atoms with Crippen LogP contribution in [0.25, 0.3) is 0 Å². The fraction of sp³-hybridized carbons (Fsp3) is 0.625.